The zero-order valence-corrected chi connectivity index (χ0v) is 10.9. The molecule has 0 aliphatic heterocycles. The molecule has 0 unspecified atom stereocenters. The highest BCUT2D eigenvalue weighted by atomic mass is 35.5. The van der Waals surface area contributed by atoms with Crippen molar-refractivity contribution in [3.63, 3.8) is 0 Å². The molecule has 94 valence electrons. The number of benzene rings is 1. The first kappa shape index (κ1) is 12.9. The number of hydrogen-bond donors (Lipinski definition) is 0. The second-order valence-electron chi connectivity index (χ2n) is 3.94. The molecule has 0 N–H and O–H groups in total. The van der Waals surface area contributed by atoms with Gasteiger partial charge < -0.3 is 9.30 Å². The maximum Gasteiger partial charge on any atom is 0.124 e. The number of halogens is 1. The second-order valence-corrected chi connectivity index (χ2v) is 4.21. The molecule has 18 heavy (non-hydrogen) atoms. The number of para-hydroxylation sites is 1. The van der Waals surface area contributed by atoms with Crippen molar-refractivity contribution in [1.29, 1.82) is 5.26 Å². The van der Waals surface area contributed by atoms with Gasteiger partial charge in [0, 0.05) is 20.3 Å². The molecule has 0 bridgehead atoms. The van der Waals surface area contributed by atoms with E-state index in [1.54, 1.807) is 13.2 Å². The maximum atomic E-state index is 9.07. The van der Waals surface area contributed by atoms with Crippen LogP contribution in [0, 0.1) is 11.3 Å². The number of alkyl halides is 1. The van der Waals surface area contributed by atoms with Crippen molar-refractivity contribution in [1.82, 2.24) is 9.55 Å². The highest BCUT2D eigenvalue weighted by Crippen LogP contribution is 2.21. The zero-order chi connectivity index (χ0) is 13.0. The Hall–Kier alpha value is -1.57. The lowest BCUT2D eigenvalue weighted by atomic mass is 10.2. The number of fused-ring (bicyclic) bond motifs is 1. The zero-order valence-electron chi connectivity index (χ0n) is 10.2. The second kappa shape index (κ2) is 5.85. The Morgan fingerprint density at radius 2 is 2.33 bits per heavy atom. The van der Waals surface area contributed by atoms with Gasteiger partial charge in [-0.25, -0.2) is 4.98 Å². The largest absolute Gasteiger partial charge is 0.385 e. The Morgan fingerprint density at radius 3 is 3.00 bits per heavy atom. The summed E-state index contributed by atoms with van der Waals surface area (Å²) in [6, 6.07) is 7.76. The summed E-state index contributed by atoms with van der Waals surface area (Å²) in [5.41, 5.74) is 2.28. The topological polar surface area (TPSA) is 50.8 Å². The van der Waals surface area contributed by atoms with Gasteiger partial charge in [-0.2, -0.15) is 5.26 Å². The molecule has 0 aliphatic rings. The maximum absolute atomic E-state index is 9.07. The van der Waals surface area contributed by atoms with Crippen LogP contribution in [0.3, 0.4) is 0 Å². The van der Waals surface area contributed by atoms with Crippen LogP contribution in [0.5, 0.6) is 0 Å². The summed E-state index contributed by atoms with van der Waals surface area (Å²) in [4.78, 5) is 4.45. The van der Waals surface area contributed by atoms with Crippen LogP contribution in [-0.4, -0.2) is 23.3 Å². The number of nitrogens with zero attached hydrogens (tertiary/aromatic N) is 3. The van der Waals surface area contributed by atoms with Gasteiger partial charge >= 0.3 is 0 Å². The number of methoxy groups -OCH3 is 1. The normalized spacial score (nSPS) is 10.7. The summed E-state index contributed by atoms with van der Waals surface area (Å²) in [5.74, 6) is 1.14. The predicted molar refractivity (Wildman–Crippen MR) is 70.5 cm³/mol. The minimum Gasteiger partial charge on any atom is -0.385 e. The molecule has 5 heteroatoms. The Labute approximate surface area is 111 Å². The van der Waals surface area contributed by atoms with E-state index in [1.165, 1.54) is 0 Å². The first-order chi connectivity index (χ1) is 8.81. The number of hydrogen-bond acceptors (Lipinski definition) is 3. The van der Waals surface area contributed by atoms with Crippen LogP contribution in [0.15, 0.2) is 18.2 Å². The molecule has 1 aromatic carbocycles. The van der Waals surface area contributed by atoms with Gasteiger partial charge in [0.05, 0.1) is 17.0 Å². The van der Waals surface area contributed by atoms with Gasteiger partial charge in [0.15, 0.2) is 0 Å². The molecule has 1 heterocycles. The molecule has 0 saturated heterocycles. The Kier molecular flexibility index (Phi) is 4.19. The van der Waals surface area contributed by atoms with Crippen molar-refractivity contribution in [3.05, 3.63) is 29.6 Å². The van der Waals surface area contributed by atoms with E-state index in [2.05, 4.69) is 15.6 Å². The molecule has 2 aromatic rings. The number of rotatable bonds is 5. The molecule has 4 nitrogen and oxygen atoms in total. The summed E-state index contributed by atoms with van der Waals surface area (Å²) in [6.45, 7) is 1.49. The van der Waals surface area contributed by atoms with Crippen LogP contribution >= 0.6 is 11.6 Å². The first-order valence-electron chi connectivity index (χ1n) is 5.75. The minimum atomic E-state index is 0.340. The van der Waals surface area contributed by atoms with E-state index < -0.39 is 0 Å². The monoisotopic (exact) mass is 263 g/mol. The Bertz CT molecular complexity index is 586. The van der Waals surface area contributed by atoms with Gasteiger partial charge in [-0.15, -0.1) is 11.6 Å². The lowest BCUT2D eigenvalue weighted by molar-refractivity contribution is 0.190. The third kappa shape index (κ3) is 2.33. The molecule has 1 aromatic heterocycles. The average Bonchev–Trinajstić information content (AvgIpc) is 2.77. The third-order valence-electron chi connectivity index (χ3n) is 2.83. The van der Waals surface area contributed by atoms with E-state index in [-0.39, 0.29) is 0 Å². The molecule has 0 amide bonds. The van der Waals surface area contributed by atoms with E-state index in [4.69, 9.17) is 21.6 Å². The summed E-state index contributed by atoms with van der Waals surface area (Å²) < 4.78 is 7.11. The molecular weight excluding hydrogens is 250 g/mol. The van der Waals surface area contributed by atoms with Crippen LogP contribution in [0.1, 0.15) is 17.8 Å². The molecule has 0 radical (unpaired) electrons. The minimum absolute atomic E-state index is 0.340. The molecule has 0 fully saturated rings. The van der Waals surface area contributed by atoms with Crippen molar-refractivity contribution < 1.29 is 4.74 Å². The molecule has 0 aliphatic carbocycles. The van der Waals surface area contributed by atoms with Gasteiger partial charge in [-0.05, 0) is 18.6 Å². The third-order valence-corrected chi connectivity index (χ3v) is 3.07. The molecule has 0 spiro atoms. The SMILES string of the molecule is COCCCn1c(CCl)nc2c(C#N)cccc21. The van der Waals surface area contributed by atoms with Gasteiger partial charge in [-0.3, -0.25) is 0 Å². The van der Waals surface area contributed by atoms with Gasteiger partial charge in [0.2, 0.25) is 0 Å². The first-order valence-corrected chi connectivity index (χ1v) is 6.28. The standard InChI is InChI=1S/C13H14ClN3O/c1-18-7-3-6-17-11-5-2-4-10(9-15)13(11)16-12(17)8-14/h2,4-5H,3,6-8H2,1H3. The van der Waals surface area contributed by atoms with Gasteiger partial charge in [0.1, 0.15) is 17.4 Å². The molecular formula is C13H14ClN3O. The van der Waals surface area contributed by atoms with E-state index in [0.717, 1.165) is 29.8 Å². The highest BCUT2D eigenvalue weighted by Gasteiger charge is 2.12. The van der Waals surface area contributed by atoms with Crippen molar-refractivity contribution in [3.8, 4) is 6.07 Å². The lowest BCUT2D eigenvalue weighted by Crippen LogP contribution is -2.04. The average molecular weight is 264 g/mol. The quantitative estimate of drug-likeness (QED) is 0.616. The van der Waals surface area contributed by atoms with Crippen LogP contribution in [0.2, 0.25) is 0 Å². The van der Waals surface area contributed by atoms with Gasteiger partial charge in [0.25, 0.3) is 0 Å². The lowest BCUT2D eigenvalue weighted by Gasteiger charge is -2.06. The summed E-state index contributed by atoms with van der Waals surface area (Å²) in [6.07, 6.45) is 0.891. The molecule has 2 rings (SSSR count). The summed E-state index contributed by atoms with van der Waals surface area (Å²) in [5, 5.41) is 9.07. The Balaban J connectivity index is 2.46. The fourth-order valence-electron chi connectivity index (χ4n) is 2.00. The number of imidazole rings is 1. The summed E-state index contributed by atoms with van der Waals surface area (Å²) in [7, 11) is 1.68. The van der Waals surface area contributed by atoms with Crippen LogP contribution < -0.4 is 0 Å². The van der Waals surface area contributed by atoms with Crippen molar-refractivity contribution in [2.45, 2.75) is 18.8 Å². The van der Waals surface area contributed by atoms with E-state index >= 15 is 0 Å². The number of nitriles is 1. The number of aryl methyl sites for hydroxylation is 1. The van der Waals surface area contributed by atoms with Crippen LogP contribution in [0.25, 0.3) is 11.0 Å². The van der Waals surface area contributed by atoms with Gasteiger partial charge in [-0.1, -0.05) is 6.07 Å². The number of ether oxygens (including phenoxy) is 1. The van der Waals surface area contributed by atoms with Crippen molar-refractivity contribution >= 4 is 22.6 Å². The fourth-order valence-corrected chi connectivity index (χ4v) is 2.21. The van der Waals surface area contributed by atoms with Crippen LogP contribution in [0.4, 0.5) is 0 Å². The Morgan fingerprint density at radius 1 is 1.50 bits per heavy atom. The molecule has 0 atom stereocenters. The van der Waals surface area contributed by atoms with Crippen molar-refractivity contribution in [2.75, 3.05) is 13.7 Å². The summed E-state index contributed by atoms with van der Waals surface area (Å²) >= 11 is 5.91. The number of aromatic nitrogens is 2. The fraction of sp³-hybridized carbons (Fsp3) is 0.385. The van der Waals surface area contributed by atoms with E-state index in [9.17, 15) is 0 Å². The smallest absolute Gasteiger partial charge is 0.124 e. The van der Waals surface area contributed by atoms with E-state index in [1.807, 2.05) is 12.1 Å². The molecule has 0 saturated carbocycles. The van der Waals surface area contributed by atoms with E-state index in [0.29, 0.717) is 18.1 Å². The predicted octanol–water partition coefficient (Wildman–Crippen LogP) is 2.68. The van der Waals surface area contributed by atoms with Crippen LogP contribution in [-0.2, 0) is 17.2 Å². The highest BCUT2D eigenvalue weighted by molar-refractivity contribution is 6.16. The van der Waals surface area contributed by atoms with Crippen molar-refractivity contribution in [2.24, 2.45) is 0 Å².